The Balaban J connectivity index is 3.30. The van der Waals surface area contributed by atoms with Crippen LogP contribution in [0.5, 0.6) is 0 Å². The minimum Gasteiger partial charge on any atom is -0.449 e. The van der Waals surface area contributed by atoms with Crippen molar-refractivity contribution in [3.05, 3.63) is 0 Å². The Kier molecular flexibility index (Phi) is 3.78. The normalized spacial score (nSPS) is 8.10. The smallest absolute Gasteiger partial charge is 0.426 e. The van der Waals surface area contributed by atoms with Crippen LogP contribution in [0.1, 0.15) is 6.92 Å². The second kappa shape index (κ2) is 4.42. The van der Waals surface area contributed by atoms with Crippen LogP contribution in [0.15, 0.2) is 0 Å². The van der Waals surface area contributed by atoms with E-state index in [4.69, 9.17) is 11.1 Å². The molecule has 1 amide bonds. The molecule has 6 nitrogen and oxygen atoms in total. The van der Waals surface area contributed by atoms with Gasteiger partial charge in [0, 0.05) is 0 Å². The third kappa shape index (κ3) is 4.69. The molecule has 58 valence electrons. The topological polar surface area (TPSA) is 100 Å². The highest BCUT2D eigenvalue weighted by atomic mass is 16.5. The summed E-state index contributed by atoms with van der Waals surface area (Å²) >= 11 is 0. The summed E-state index contributed by atoms with van der Waals surface area (Å²) in [7, 11) is 0. The van der Waals surface area contributed by atoms with Crippen molar-refractivity contribution in [2.75, 3.05) is 6.61 Å². The van der Waals surface area contributed by atoms with Crippen LogP contribution < -0.4 is 16.6 Å². The molecule has 0 saturated heterocycles. The number of hydrazine groups is 1. The highest BCUT2D eigenvalue weighted by Crippen LogP contribution is 1.71. The van der Waals surface area contributed by atoms with Gasteiger partial charge in [-0.15, -0.1) is 0 Å². The van der Waals surface area contributed by atoms with E-state index in [0.29, 0.717) is 0 Å². The number of hydrogen-bond donors (Lipinski definition) is 4. The maximum atomic E-state index is 10.4. The first-order valence-electron chi connectivity index (χ1n) is 2.69. The molecule has 0 aliphatic heterocycles. The Morgan fingerprint density at radius 2 is 2.30 bits per heavy atom. The Morgan fingerprint density at radius 3 is 2.70 bits per heavy atom. The summed E-state index contributed by atoms with van der Waals surface area (Å²) < 4.78 is 4.43. The molecule has 0 aromatic carbocycles. The van der Waals surface area contributed by atoms with Crippen LogP contribution in [-0.4, -0.2) is 18.7 Å². The lowest BCUT2D eigenvalue weighted by Crippen LogP contribution is -2.45. The van der Waals surface area contributed by atoms with Crippen molar-refractivity contribution in [1.29, 1.82) is 5.41 Å². The number of hydrogen-bond acceptors (Lipinski definition) is 3. The second-order valence-corrected chi connectivity index (χ2v) is 1.38. The van der Waals surface area contributed by atoms with Gasteiger partial charge in [0.1, 0.15) is 0 Å². The van der Waals surface area contributed by atoms with Gasteiger partial charge < -0.3 is 10.5 Å². The van der Waals surface area contributed by atoms with Gasteiger partial charge in [0.25, 0.3) is 0 Å². The molecular formula is C4H10N4O2. The Labute approximate surface area is 58.2 Å². The van der Waals surface area contributed by atoms with E-state index >= 15 is 0 Å². The van der Waals surface area contributed by atoms with Crippen LogP contribution in [-0.2, 0) is 4.74 Å². The molecule has 0 aliphatic rings. The fourth-order valence-corrected chi connectivity index (χ4v) is 0.286. The van der Waals surface area contributed by atoms with E-state index in [1.54, 1.807) is 6.92 Å². The predicted octanol–water partition coefficient (Wildman–Crippen LogP) is -0.869. The number of rotatable bonds is 1. The Morgan fingerprint density at radius 1 is 1.70 bits per heavy atom. The maximum Gasteiger partial charge on any atom is 0.426 e. The molecule has 0 aromatic rings. The average Bonchev–Trinajstić information content (AvgIpc) is 1.85. The number of carbonyl (C=O) groups is 1. The largest absolute Gasteiger partial charge is 0.449 e. The van der Waals surface area contributed by atoms with E-state index in [2.05, 4.69) is 10.2 Å². The summed E-state index contributed by atoms with van der Waals surface area (Å²) in [4.78, 5) is 10.4. The summed E-state index contributed by atoms with van der Waals surface area (Å²) in [5.41, 5.74) is 8.93. The van der Waals surface area contributed by atoms with Crippen LogP contribution >= 0.6 is 0 Å². The van der Waals surface area contributed by atoms with Crippen LogP contribution in [0.4, 0.5) is 4.79 Å². The third-order valence-corrected chi connectivity index (χ3v) is 0.575. The summed E-state index contributed by atoms with van der Waals surface area (Å²) in [5.74, 6) is -0.340. The van der Waals surface area contributed by atoms with E-state index in [-0.39, 0.29) is 12.6 Å². The molecule has 0 unspecified atom stereocenters. The van der Waals surface area contributed by atoms with Gasteiger partial charge in [0.2, 0.25) is 5.96 Å². The second-order valence-electron chi connectivity index (χ2n) is 1.38. The van der Waals surface area contributed by atoms with Gasteiger partial charge in [-0.2, -0.15) is 0 Å². The SMILES string of the molecule is CCOC(=O)NNC(=N)N. The molecule has 0 saturated carbocycles. The first-order valence-corrected chi connectivity index (χ1v) is 2.69. The van der Waals surface area contributed by atoms with Crippen LogP contribution in [0.3, 0.4) is 0 Å². The summed E-state index contributed by atoms with van der Waals surface area (Å²) in [6.45, 7) is 1.96. The van der Waals surface area contributed by atoms with Gasteiger partial charge in [-0.3, -0.25) is 10.8 Å². The highest BCUT2D eigenvalue weighted by molar-refractivity contribution is 5.77. The average molecular weight is 146 g/mol. The number of nitrogens with two attached hydrogens (primary N) is 1. The molecule has 0 bridgehead atoms. The first kappa shape index (κ1) is 8.54. The molecule has 0 atom stereocenters. The minimum absolute atomic E-state index is 0.283. The summed E-state index contributed by atoms with van der Waals surface area (Å²) in [5, 5.41) is 6.62. The Bertz CT molecular complexity index is 135. The number of ether oxygens (including phenoxy) is 1. The van der Waals surface area contributed by atoms with Crippen LogP contribution in [0, 0.1) is 5.41 Å². The minimum atomic E-state index is -0.655. The van der Waals surface area contributed by atoms with E-state index < -0.39 is 6.09 Å². The van der Waals surface area contributed by atoms with E-state index in [1.165, 1.54) is 0 Å². The molecule has 0 spiro atoms. The fourth-order valence-electron chi connectivity index (χ4n) is 0.286. The van der Waals surface area contributed by atoms with Gasteiger partial charge >= 0.3 is 6.09 Å². The van der Waals surface area contributed by atoms with E-state index in [0.717, 1.165) is 0 Å². The molecule has 10 heavy (non-hydrogen) atoms. The zero-order valence-corrected chi connectivity index (χ0v) is 5.60. The lowest BCUT2D eigenvalue weighted by atomic mass is 10.9. The standard InChI is InChI=1S/C4H10N4O2/c1-2-10-4(9)8-7-3(5)6/h2H2,1H3,(H,8,9)(H4,5,6,7). The lowest BCUT2D eigenvalue weighted by Gasteiger charge is -2.04. The van der Waals surface area contributed by atoms with Crippen molar-refractivity contribution in [2.45, 2.75) is 6.92 Å². The third-order valence-electron chi connectivity index (χ3n) is 0.575. The maximum absolute atomic E-state index is 10.4. The fraction of sp³-hybridized carbons (Fsp3) is 0.500. The van der Waals surface area contributed by atoms with E-state index in [9.17, 15) is 4.79 Å². The molecule has 0 fully saturated rings. The van der Waals surface area contributed by atoms with Gasteiger partial charge in [-0.1, -0.05) is 0 Å². The van der Waals surface area contributed by atoms with Crippen molar-refractivity contribution in [2.24, 2.45) is 5.73 Å². The summed E-state index contributed by atoms with van der Waals surface area (Å²) in [6, 6.07) is 0. The van der Waals surface area contributed by atoms with Crippen LogP contribution in [0.25, 0.3) is 0 Å². The monoisotopic (exact) mass is 146 g/mol. The molecule has 0 aromatic heterocycles. The van der Waals surface area contributed by atoms with Gasteiger partial charge in [0.15, 0.2) is 0 Å². The van der Waals surface area contributed by atoms with E-state index in [1.807, 2.05) is 5.43 Å². The molecule has 6 heteroatoms. The number of amides is 1. The molecule has 0 aliphatic carbocycles. The van der Waals surface area contributed by atoms with Crippen molar-refractivity contribution in [3.63, 3.8) is 0 Å². The number of nitrogens with one attached hydrogen (secondary N) is 3. The van der Waals surface area contributed by atoms with Gasteiger partial charge in [0.05, 0.1) is 6.61 Å². The zero-order valence-electron chi connectivity index (χ0n) is 5.60. The van der Waals surface area contributed by atoms with Crippen molar-refractivity contribution in [1.82, 2.24) is 10.9 Å². The lowest BCUT2D eigenvalue weighted by molar-refractivity contribution is 0.150. The van der Waals surface area contributed by atoms with Crippen LogP contribution in [0.2, 0.25) is 0 Å². The molecule has 0 heterocycles. The zero-order chi connectivity index (χ0) is 7.98. The molecule has 0 radical (unpaired) electrons. The highest BCUT2D eigenvalue weighted by Gasteiger charge is 1.96. The Hall–Kier alpha value is -1.46. The van der Waals surface area contributed by atoms with Gasteiger partial charge in [-0.05, 0) is 6.92 Å². The van der Waals surface area contributed by atoms with Crippen molar-refractivity contribution >= 4 is 12.1 Å². The molecule has 5 N–H and O–H groups in total. The van der Waals surface area contributed by atoms with Gasteiger partial charge in [-0.25, -0.2) is 10.2 Å². The predicted molar refractivity (Wildman–Crippen MR) is 35.2 cm³/mol. The van der Waals surface area contributed by atoms with Crippen molar-refractivity contribution in [3.8, 4) is 0 Å². The molecular weight excluding hydrogens is 136 g/mol. The quantitative estimate of drug-likeness (QED) is 0.219. The van der Waals surface area contributed by atoms with Crippen molar-refractivity contribution < 1.29 is 9.53 Å². The number of guanidine groups is 1. The number of carbonyl (C=O) groups excluding carboxylic acids is 1. The molecule has 0 rings (SSSR count). The summed E-state index contributed by atoms with van der Waals surface area (Å²) in [6.07, 6.45) is -0.655. The first-order chi connectivity index (χ1) is 4.66.